The van der Waals surface area contributed by atoms with Crippen molar-refractivity contribution in [2.45, 2.75) is 19.4 Å². The van der Waals surface area contributed by atoms with Gasteiger partial charge < -0.3 is 0 Å². The van der Waals surface area contributed by atoms with Crippen LogP contribution in [0.5, 0.6) is 0 Å². The summed E-state index contributed by atoms with van der Waals surface area (Å²) in [6.45, 7) is 0.934. The molecule has 84 valence electrons. The van der Waals surface area contributed by atoms with Crippen molar-refractivity contribution in [3.63, 3.8) is 0 Å². The van der Waals surface area contributed by atoms with Crippen LogP contribution in [0.3, 0.4) is 0 Å². The quantitative estimate of drug-likeness (QED) is 0.867. The summed E-state index contributed by atoms with van der Waals surface area (Å²) >= 11 is 3.40. The van der Waals surface area contributed by atoms with E-state index in [0.717, 1.165) is 22.6 Å². The zero-order chi connectivity index (χ0) is 12.0. The number of aromatic nitrogens is 4. The second-order valence-corrected chi connectivity index (χ2v) is 5.05. The highest BCUT2D eigenvalue weighted by Gasteiger charge is 2.22. The van der Waals surface area contributed by atoms with Crippen molar-refractivity contribution in [2.24, 2.45) is 13.0 Å². The van der Waals surface area contributed by atoms with E-state index in [2.05, 4.69) is 26.1 Å². The lowest BCUT2D eigenvalue weighted by Gasteiger charge is -1.97. The largest absolute Gasteiger partial charge is 0.274 e. The van der Waals surface area contributed by atoms with Crippen LogP contribution >= 0.6 is 15.9 Å². The molecule has 0 bridgehead atoms. The summed E-state index contributed by atoms with van der Waals surface area (Å²) in [4.78, 5) is 0. The number of rotatable bonds is 3. The molecule has 1 saturated carbocycles. The highest BCUT2D eigenvalue weighted by atomic mass is 79.9. The SMILES string of the molecule is [2H]c1cn(CC2CC2)nc1-c1cn(C)nc1Br. The van der Waals surface area contributed by atoms with E-state index in [0.29, 0.717) is 11.7 Å². The Labute approximate surface area is 104 Å². The molecule has 0 N–H and O–H groups in total. The second-order valence-electron chi connectivity index (χ2n) is 4.29. The predicted molar refractivity (Wildman–Crippen MR) is 64.9 cm³/mol. The average molecular weight is 282 g/mol. The fourth-order valence-electron chi connectivity index (χ4n) is 1.73. The van der Waals surface area contributed by atoms with Gasteiger partial charge in [-0.15, -0.1) is 0 Å². The third kappa shape index (κ3) is 1.91. The van der Waals surface area contributed by atoms with E-state index in [4.69, 9.17) is 1.37 Å². The summed E-state index contributed by atoms with van der Waals surface area (Å²) in [5.74, 6) is 0.763. The van der Waals surface area contributed by atoms with Gasteiger partial charge >= 0.3 is 0 Å². The van der Waals surface area contributed by atoms with Crippen LogP contribution in [-0.4, -0.2) is 19.6 Å². The van der Waals surface area contributed by atoms with Crippen LogP contribution in [0.1, 0.15) is 14.2 Å². The van der Waals surface area contributed by atoms with Crippen LogP contribution < -0.4 is 0 Å². The minimum absolute atomic E-state index is 0.458. The molecule has 0 saturated heterocycles. The van der Waals surface area contributed by atoms with Crippen molar-refractivity contribution >= 4 is 15.9 Å². The van der Waals surface area contributed by atoms with Gasteiger partial charge in [-0.3, -0.25) is 9.36 Å². The molecule has 0 aromatic carbocycles. The van der Waals surface area contributed by atoms with Crippen LogP contribution in [0.4, 0.5) is 0 Å². The van der Waals surface area contributed by atoms with E-state index in [1.165, 1.54) is 12.8 Å². The zero-order valence-corrected chi connectivity index (χ0v) is 10.6. The van der Waals surface area contributed by atoms with Gasteiger partial charge in [-0.05, 0) is 40.7 Å². The first-order chi connectivity index (χ1) is 8.13. The van der Waals surface area contributed by atoms with Crippen LogP contribution in [0, 0.1) is 5.92 Å². The number of hydrogen-bond acceptors (Lipinski definition) is 2. The summed E-state index contributed by atoms with van der Waals surface area (Å²) < 4.78 is 12.3. The lowest BCUT2D eigenvalue weighted by Crippen LogP contribution is -1.99. The summed E-state index contributed by atoms with van der Waals surface area (Å²) in [7, 11) is 1.86. The Morgan fingerprint density at radius 3 is 3.00 bits per heavy atom. The van der Waals surface area contributed by atoms with E-state index >= 15 is 0 Å². The molecular formula is C11H13BrN4. The van der Waals surface area contributed by atoms with E-state index in [9.17, 15) is 0 Å². The number of aryl methyl sites for hydroxylation is 1. The molecule has 16 heavy (non-hydrogen) atoms. The van der Waals surface area contributed by atoms with Crippen molar-refractivity contribution in [3.05, 3.63) is 23.0 Å². The Morgan fingerprint density at radius 2 is 2.38 bits per heavy atom. The van der Waals surface area contributed by atoms with Gasteiger partial charge in [-0.2, -0.15) is 10.2 Å². The minimum atomic E-state index is 0.458. The summed E-state index contributed by atoms with van der Waals surface area (Å²) in [6.07, 6.45) is 6.26. The smallest absolute Gasteiger partial charge is 0.137 e. The van der Waals surface area contributed by atoms with E-state index in [1.807, 2.05) is 17.9 Å². The van der Waals surface area contributed by atoms with Crippen molar-refractivity contribution in [1.29, 1.82) is 0 Å². The maximum atomic E-state index is 7.96. The van der Waals surface area contributed by atoms with Gasteiger partial charge in [0.25, 0.3) is 0 Å². The topological polar surface area (TPSA) is 35.6 Å². The highest BCUT2D eigenvalue weighted by molar-refractivity contribution is 9.10. The zero-order valence-electron chi connectivity index (χ0n) is 10.0. The Kier molecular flexibility index (Phi) is 2.10. The highest BCUT2D eigenvalue weighted by Crippen LogP contribution is 2.31. The maximum Gasteiger partial charge on any atom is 0.137 e. The lowest BCUT2D eigenvalue weighted by molar-refractivity contribution is 0.564. The summed E-state index contributed by atoms with van der Waals surface area (Å²) in [6, 6.07) is 0.458. The molecule has 1 aliphatic rings. The fourth-order valence-corrected chi connectivity index (χ4v) is 2.27. The number of nitrogens with zero attached hydrogens (tertiary/aromatic N) is 4. The van der Waals surface area contributed by atoms with Gasteiger partial charge in [0.15, 0.2) is 0 Å². The fraction of sp³-hybridized carbons (Fsp3) is 0.455. The number of hydrogen-bond donors (Lipinski definition) is 0. The molecule has 3 rings (SSSR count). The van der Waals surface area contributed by atoms with Gasteiger partial charge in [0.05, 0.1) is 12.6 Å². The van der Waals surface area contributed by atoms with Crippen LogP contribution in [-0.2, 0) is 13.6 Å². The van der Waals surface area contributed by atoms with Crippen molar-refractivity contribution in [2.75, 3.05) is 0 Å². The molecule has 1 fully saturated rings. The summed E-state index contributed by atoms with van der Waals surface area (Å²) in [5, 5.41) is 8.69. The van der Waals surface area contributed by atoms with Gasteiger partial charge in [-0.25, -0.2) is 0 Å². The number of halogens is 1. The molecule has 1 aliphatic carbocycles. The third-order valence-corrected chi connectivity index (χ3v) is 3.35. The Bertz CT molecular complexity index is 556. The third-order valence-electron chi connectivity index (χ3n) is 2.76. The molecule has 2 heterocycles. The Balaban J connectivity index is 1.96. The van der Waals surface area contributed by atoms with Crippen LogP contribution in [0.15, 0.2) is 23.0 Å². The maximum absolute atomic E-state index is 7.96. The molecule has 5 heteroatoms. The van der Waals surface area contributed by atoms with Crippen molar-refractivity contribution in [3.8, 4) is 11.3 Å². The molecule has 2 aromatic heterocycles. The average Bonchev–Trinajstić information content (AvgIpc) is 2.90. The van der Waals surface area contributed by atoms with Gasteiger partial charge in [0.1, 0.15) is 4.60 Å². The molecule has 0 radical (unpaired) electrons. The molecule has 4 nitrogen and oxygen atoms in total. The molecule has 0 unspecified atom stereocenters. The molecule has 0 amide bonds. The summed E-state index contributed by atoms with van der Waals surface area (Å²) in [5.41, 5.74) is 1.58. The van der Waals surface area contributed by atoms with Gasteiger partial charge in [0, 0.05) is 26.0 Å². The molecule has 0 aliphatic heterocycles. The first-order valence-electron chi connectivity index (χ1n) is 5.87. The first kappa shape index (κ1) is 8.98. The molecule has 2 aromatic rings. The van der Waals surface area contributed by atoms with Crippen molar-refractivity contribution in [1.82, 2.24) is 19.6 Å². The van der Waals surface area contributed by atoms with Crippen molar-refractivity contribution < 1.29 is 1.37 Å². The van der Waals surface area contributed by atoms with Crippen LogP contribution in [0.2, 0.25) is 0 Å². The lowest BCUT2D eigenvalue weighted by atomic mass is 10.3. The van der Waals surface area contributed by atoms with E-state index in [1.54, 1.807) is 10.9 Å². The first-order valence-corrected chi connectivity index (χ1v) is 6.16. The Hall–Kier alpha value is -1.10. The monoisotopic (exact) mass is 281 g/mol. The second kappa shape index (κ2) is 3.73. The van der Waals surface area contributed by atoms with E-state index < -0.39 is 0 Å². The van der Waals surface area contributed by atoms with E-state index in [-0.39, 0.29) is 0 Å². The molecule has 0 atom stereocenters. The standard InChI is InChI=1S/C11H13BrN4/c1-15-7-9(11(12)14-15)10-4-5-16(13-10)6-8-2-3-8/h4-5,7-8H,2-3,6H2,1H3/i4D. The molecular weight excluding hydrogens is 268 g/mol. The Morgan fingerprint density at radius 1 is 1.56 bits per heavy atom. The minimum Gasteiger partial charge on any atom is -0.274 e. The van der Waals surface area contributed by atoms with Crippen LogP contribution in [0.25, 0.3) is 11.3 Å². The molecule has 0 spiro atoms. The van der Waals surface area contributed by atoms with Gasteiger partial charge in [0.2, 0.25) is 0 Å². The normalized spacial score (nSPS) is 16.5. The van der Waals surface area contributed by atoms with Gasteiger partial charge in [-0.1, -0.05) is 0 Å². The predicted octanol–water partition coefficient (Wildman–Crippen LogP) is 2.46.